The minimum atomic E-state index is -4.93. The van der Waals surface area contributed by atoms with Gasteiger partial charge < -0.3 is 14.5 Å². The van der Waals surface area contributed by atoms with Crippen LogP contribution in [0.4, 0.5) is 26.3 Å². The Hall–Kier alpha value is -3.16. The molecule has 0 aliphatic carbocycles. The first-order valence-electron chi connectivity index (χ1n) is 12.3. The minimum Gasteiger partial charge on any atom is -0.539 e. The molecule has 1 aliphatic heterocycles. The van der Waals surface area contributed by atoms with Crippen molar-refractivity contribution in [2.75, 3.05) is 0 Å². The monoisotopic (exact) mass is 559 g/mol. The second-order valence-corrected chi connectivity index (χ2v) is 9.22. The Labute approximate surface area is 240 Å². The van der Waals surface area contributed by atoms with Crippen LogP contribution in [-0.2, 0) is 12.4 Å². The van der Waals surface area contributed by atoms with Crippen molar-refractivity contribution in [1.82, 2.24) is 4.98 Å². The Morgan fingerprint density at radius 3 is 2.20 bits per heavy atom. The molecule has 0 bridgehead atoms. The zero-order valence-corrected chi connectivity index (χ0v) is 23.0. The molecule has 210 valence electrons. The molecule has 12 heteroatoms. The van der Waals surface area contributed by atoms with E-state index in [0.717, 1.165) is 6.07 Å². The average Bonchev–Trinajstić information content (AvgIpc) is 2.86. The van der Waals surface area contributed by atoms with Gasteiger partial charge in [0.2, 0.25) is 5.69 Å². The van der Waals surface area contributed by atoms with E-state index in [2.05, 4.69) is 9.97 Å². The Morgan fingerprint density at radius 2 is 1.75 bits per heavy atom. The number of aromatic amines is 1. The molecule has 3 aromatic rings. The summed E-state index contributed by atoms with van der Waals surface area (Å²) in [4.78, 5) is 16.9. The van der Waals surface area contributed by atoms with Crippen molar-refractivity contribution >= 4 is 5.97 Å². The number of H-pyrrole nitrogens is 1. The molecule has 0 radical (unpaired) electrons. The van der Waals surface area contributed by atoms with Crippen LogP contribution < -0.4 is 33.5 Å². The van der Waals surface area contributed by atoms with Gasteiger partial charge in [0.1, 0.15) is 5.97 Å². The number of carbonyl (C=O) groups is 1. The molecule has 0 amide bonds. The summed E-state index contributed by atoms with van der Waals surface area (Å²) in [7, 11) is 0. The number of nitrogens with one attached hydrogen (secondary N) is 1. The summed E-state index contributed by atoms with van der Waals surface area (Å²) in [6.07, 6.45) is -5.68. The number of rotatable bonds is 4. The molecule has 0 saturated carbocycles. The molecule has 1 aromatic carbocycles. The van der Waals surface area contributed by atoms with Crippen molar-refractivity contribution in [1.29, 1.82) is 0 Å². The number of alkyl halides is 6. The van der Waals surface area contributed by atoms with E-state index in [1.165, 1.54) is 12.3 Å². The summed E-state index contributed by atoms with van der Waals surface area (Å²) in [6.45, 7) is 8.93. The van der Waals surface area contributed by atoms with Gasteiger partial charge in [0.25, 0.3) is 0 Å². The number of carbonyl (C=O) groups excluding carboxylic acids is 1. The van der Waals surface area contributed by atoms with Crippen LogP contribution in [0.1, 0.15) is 72.2 Å². The Bertz CT molecular complexity index is 1350. The van der Waals surface area contributed by atoms with Gasteiger partial charge in [-0.2, -0.15) is 31.9 Å². The topological polar surface area (TPSA) is 71.0 Å². The van der Waals surface area contributed by atoms with Gasteiger partial charge in [-0.15, -0.1) is 17.5 Å². The molecule has 2 aromatic heterocycles. The van der Waals surface area contributed by atoms with Crippen molar-refractivity contribution in [2.45, 2.75) is 59.8 Å². The number of benzene rings is 1. The van der Waals surface area contributed by atoms with Crippen molar-refractivity contribution in [3.8, 4) is 11.3 Å². The van der Waals surface area contributed by atoms with Gasteiger partial charge >= 0.3 is 31.2 Å². The third-order valence-corrected chi connectivity index (χ3v) is 6.50. The summed E-state index contributed by atoms with van der Waals surface area (Å²) in [6, 6.07) is 6.50. The molecule has 1 unspecified atom stereocenters. The van der Waals surface area contributed by atoms with Crippen LogP contribution in [0.2, 0.25) is 0 Å². The fourth-order valence-electron chi connectivity index (χ4n) is 4.71. The molecular formula is C28H28F6LiN3O2. The Balaban J connectivity index is 0.000000477. The van der Waals surface area contributed by atoms with Crippen LogP contribution in [0.15, 0.2) is 42.7 Å². The Kier molecular flexibility index (Phi) is 10.4. The van der Waals surface area contributed by atoms with Crippen LogP contribution in [-0.4, -0.2) is 11.0 Å². The van der Waals surface area contributed by atoms with Crippen LogP contribution in [0.3, 0.4) is 0 Å². The van der Waals surface area contributed by atoms with Gasteiger partial charge in [0, 0.05) is 35.1 Å². The normalized spacial score (nSPS) is 13.4. The second-order valence-electron chi connectivity index (χ2n) is 9.22. The summed E-state index contributed by atoms with van der Waals surface area (Å²) in [5.74, 6) is -0.861. The van der Waals surface area contributed by atoms with E-state index in [-0.39, 0.29) is 59.8 Å². The molecule has 0 spiro atoms. The molecule has 1 N–H and O–H groups in total. The number of halogens is 6. The molecule has 4 rings (SSSR count). The first kappa shape index (κ1) is 33.0. The number of nitrogens with zero attached hydrogens (tertiary/aromatic N) is 2. The summed E-state index contributed by atoms with van der Waals surface area (Å²) in [5.41, 5.74) is -1.41. The number of carboxylic acids is 1. The predicted molar refractivity (Wildman–Crippen MR) is 127 cm³/mol. The molecule has 40 heavy (non-hydrogen) atoms. The SMILES string of the molecule is CC[C-]1c2c(cc(C(F)(F)F)cc2C(F)(F)F)-c2c(C)nc(C)c[n+]2[C-]1C(C)CC.O=C([O-])c1cccc[nH+]1.[Li+]. The van der Waals surface area contributed by atoms with Crippen molar-refractivity contribution in [3.05, 3.63) is 88.5 Å². The third-order valence-electron chi connectivity index (χ3n) is 6.50. The Morgan fingerprint density at radius 1 is 1.10 bits per heavy atom. The van der Waals surface area contributed by atoms with E-state index in [1.54, 1.807) is 43.7 Å². The number of aromatic nitrogens is 3. The second kappa shape index (κ2) is 12.6. The zero-order valence-electron chi connectivity index (χ0n) is 23.0. The van der Waals surface area contributed by atoms with Crippen LogP contribution in [0.5, 0.6) is 0 Å². The summed E-state index contributed by atoms with van der Waals surface area (Å²) in [5, 5.41) is 10.1. The standard InChI is InChI=1S/C22H23F6N2.C6H5NO2.Li/c1-6-11(3)19-15(7-2)18-16(20-13(5)29-12(4)10-30(19)20)8-14(21(23,24)25)9-17(18)22(26,27)28;8-6(9)5-3-1-2-4-7-5;/h8-11H,6-7H2,1-5H3;1-4H,(H,8,9);/q-1;;+1. The van der Waals surface area contributed by atoms with E-state index in [4.69, 9.17) is 0 Å². The fourth-order valence-corrected chi connectivity index (χ4v) is 4.71. The van der Waals surface area contributed by atoms with E-state index < -0.39 is 29.4 Å². The minimum absolute atomic E-state index is 0. The molecular weight excluding hydrogens is 531 g/mol. The number of hydrogen-bond acceptors (Lipinski definition) is 3. The van der Waals surface area contributed by atoms with Crippen LogP contribution >= 0.6 is 0 Å². The van der Waals surface area contributed by atoms with Gasteiger partial charge in [-0.25, -0.2) is 4.98 Å². The summed E-state index contributed by atoms with van der Waals surface area (Å²) < 4.78 is 84.2. The van der Waals surface area contributed by atoms with Crippen LogP contribution in [0.25, 0.3) is 11.3 Å². The predicted octanol–water partition coefficient (Wildman–Crippen LogP) is 2.33. The maximum Gasteiger partial charge on any atom is 1.00 e. The quantitative estimate of drug-likeness (QED) is 0.213. The molecule has 1 atom stereocenters. The molecule has 0 fully saturated rings. The maximum atomic E-state index is 14.0. The number of pyridine rings is 1. The molecule has 1 aliphatic rings. The number of fused-ring (bicyclic) bond motifs is 3. The van der Waals surface area contributed by atoms with Gasteiger partial charge in [-0.3, -0.25) is 4.98 Å². The average molecular weight is 559 g/mol. The van der Waals surface area contributed by atoms with E-state index in [0.29, 0.717) is 29.8 Å². The fraction of sp³-hybridized carbons (Fsp3) is 0.357. The van der Waals surface area contributed by atoms with Gasteiger partial charge in [0.15, 0.2) is 6.20 Å². The first-order chi connectivity index (χ1) is 18.1. The van der Waals surface area contributed by atoms with Crippen molar-refractivity contribution < 1.29 is 64.7 Å². The largest absolute Gasteiger partial charge is 1.00 e. The maximum absolute atomic E-state index is 14.0. The van der Waals surface area contributed by atoms with E-state index in [1.807, 2.05) is 13.8 Å². The number of carboxylic acid groups (broad SMARTS) is 1. The zero-order chi connectivity index (χ0) is 29.3. The molecule has 5 nitrogen and oxygen atoms in total. The van der Waals surface area contributed by atoms with Gasteiger partial charge in [-0.1, -0.05) is 39.7 Å². The first-order valence-corrected chi connectivity index (χ1v) is 12.3. The molecule has 0 saturated heterocycles. The van der Waals surface area contributed by atoms with Gasteiger partial charge in [-0.05, 0) is 31.4 Å². The number of hydrogen-bond donors (Lipinski definition) is 0. The smallest absolute Gasteiger partial charge is 0.539 e. The number of aryl methyl sites for hydroxylation is 2. The number of aromatic carboxylic acids is 1. The van der Waals surface area contributed by atoms with Crippen molar-refractivity contribution in [3.63, 3.8) is 0 Å². The van der Waals surface area contributed by atoms with Crippen molar-refractivity contribution in [2.24, 2.45) is 5.92 Å². The van der Waals surface area contributed by atoms with E-state index >= 15 is 0 Å². The van der Waals surface area contributed by atoms with Crippen LogP contribution in [0, 0.1) is 31.7 Å². The molecule has 3 heterocycles. The third kappa shape index (κ3) is 6.76. The van der Waals surface area contributed by atoms with Gasteiger partial charge in [0.05, 0.1) is 11.9 Å². The summed E-state index contributed by atoms with van der Waals surface area (Å²) >= 11 is 0. The van der Waals surface area contributed by atoms with E-state index in [9.17, 15) is 36.2 Å².